The predicted octanol–water partition coefficient (Wildman–Crippen LogP) is 3.48. The van der Waals surface area contributed by atoms with Crippen LogP contribution in [0.4, 0.5) is 4.79 Å². The minimum Gasteiger partial charge on any atom is -0.450 e. The Labute approximate surface area is 93.6 Å². The third kappa shape index (κ3) is 11.2. The molecule has 0 spiro atoms. The largest absolute Gasteiger partial charge is 0.450 e. The lowest BCUT2D eigenvalue weighted by Crippen LogP contribution is -2.25. The Balaban J connectivity index is 3.06. The van der Waals surface area contributed by atoms with Gasteiger partial charge in [0.2, 0.25) is 0 Å². The summed E-state index contributed by atoms with van der Waals surface area (Å²) in [6.45, 7) is 5.49. The van der Waals surface area contributed by atoms with Crippen LogP contribution in [-0.4, -0.2) is 19.2 Å². The summed E-state index contributed by atoms with van der Waals surface area (Å²) < 4.78 is 5.00. The van der Waals surface area contributed by atoms with Crippen molar-refractivity contribution in [3.05, 3.63) is 0 Å². The van der Waals surface area contributed by atoms with E-state index in [0.717, 1.165) is 12.8 Å². The monoisotopic (exact) mass is 215 g/mol. The fourth-order valence-electron chi connectivity index (χ4n) is 1.33. The van der Waals surface area contributed by atoms with Crippen molar-refractivity contribution in [2.45, 2.75) is 58.8 Å². The molecule has 0 rings (SSSR count). The van der Waals surface area contributed by atoms with Crippen molar-refractivity contribution in [3.8, 4) is 0 Å². The SMILES string of the molecule is CCCCCCCCOC(=O)NCCC. The fourth-order valence-corrected chi connectivity index (χ4v) is 1.33. The predicted molar refractivity (Wildman–Crippen MR) is 63.0 cm³/mol. The van der Waals surface area contributed by atoms with E-state index >= 15 is 0 Å². The molecule has 0 saturated heterocycles. The van der Waals surface area contributed by atoms with E-state index in [-0.39, 0.29) is 6.09 Å². The summed E-state index contributed by atoms with van der Waals surface area (Å²) in [5, 5.41) is 2.68. The Kier molecular flexibility index (Phi) is 10.8. The van der Waals surface area contributed by atoms with Gasteiger partial charge in [0.05, 0.1) is 6.61 Å². The van der Waals surface area contributed by atoms with Gasteiger partial charge in [-0.25, -0.2) is 4.79 Å². The van der Waals surface area contributed by atoms with Gasteiger partial charge in [-0.2, -0.15) is 0 Å². The normalized spacial score (nSPS) is 10.0. The Hall–Kier alpha value is -0.730. The lowest BCUT2D eigenvalue weighted by molar-refractivity contribution is 0.144. The third-order valence-electron chi connectivity index (χ3n) is 2.25. The molecular weight excluding hydrogens is 190 g/mol. The topological polar surface area (TPSA) is 38.3 Å². The van der Waals surface area contributed by atoms with Crippen molar-refractivity contribution in [2.24, 2.45) is 0 Å². The van der Waals surface area contributed by atoms with E-state index < -0.39 is 0 Å². The van der Waals surface area contributed by atoms with E-state index in [1.54, 1.807) is 0 Å². The maximum Gasteiger partial charge on any atom is 0.407 e. The van der Waals surface area contributed by atoms with Gasteiger partial charge >= 0.3 is 6.09 Å². The van der Waals surface area contributed by atoms with Gasteiger partial charge < -0.3 is 10.1 Å². The number of hydrogen-bond acceptors (Lipinski definition) is 2. The lowest BCUT2D eigenvalue weighted by Gasteiger charge is -2.05. The van der Waals surface area contributed by atoms with Gasteiger partial charge in [-0.1, -0.05) is 46.0 Å². The van der Waals surface area contributed by atoms with Crippen LogP contribution in [0.2, 0.25) is 0 Å². The maximum atomic E-state index is 11.0. The van der Waals surface area contributed by atoms with Gasteiger partial charge in [0.25, 0.3) is 0 Å². The highest BCUT2D eigenvalue weighted by molar-refractivity contribution is 5.66. The highest BCUT2D eigenvalue weighted by atomic mass is 16.5. The van der Waals surface area contributed by atoms with Gasteiger partial charge in [0.15, 0.2) is 0 Å². The van der Waals surface area contributed by atoms with Crippen LogP contribution in [-0.2, 0) is 4.74 Å². The molecule has 3 heteroatoms. The smallest absolute Gasteiger partial charge is 0.407 e. The number of alkyl carbamates (subject to hydrolysis) is 1. The molecule has 0 aliphatic carbocycles. The Morgan fingerprint density at radius 3 is 2.33 bits per heavy atom. The van der Waals surface area contributed by atoms with Crippen LogP contribution in [0, 0.1) is 0 Å². The van der Waals surface area contributed by atoms with Gasteiger partial charge in [0.1, 0.15) is 0 Å². The third-order valence-corrected chi connectivity index (χ3v) is 2.25. The Morgan fingerprint density at radius 2 is 1.67 bits per heavy atom. The highest BCUT2D eigenvalue weighted by Crippen LogP contribution is 2.04. The van der Waals surface area contributed by atoms with Crippen LogP contribution in [0.1, 0.15) is 58.8 Å². The van der Waals surface area contributed by atoms with E-state index in [1.165, 1.54) is 32.1 Å². The highest BCUT2D eigenvalue weighted by Gasteiger charge is 1.98. The molecule has 0 aromatic heterocycles. The first-order chi connectivity index (χ1) is 7.31. The quantitative estimate of drug-likeness (QED) is 0.598. The molecule has 0 aliphatic heterocycles. The molecule has 1 amide bonds. The molecule has 0 unspecified atom stereocenters. The molecule has 0 bridgehead atoms. The van der Waals surface area contributed by atoms with Crippen molar-refractivity contribution in [1.82, 2.24) is 5.32 Å². The summed E-state index contributed by atoms with van der Waals surface area (Å²) in [6.07, 6.45) is 7.99. The molecule has 0 heterocycles. The van der Waals surface area contributed by atoms with Crippen molar-refractivity contribution >= 4 is 6.09 Å². The number of ether oxygens (including phenoxy) is 1. The molecule has 0 fully saturated rings. The fraction of sp³-hybridized carbons (Fsp3) is 0.917. The number of rotatable bonds is 9. The first kappa shape index (κ1) is 14.3. The molecule has 0 aromatic carbocycles. The van der Waals surface area contributed by atoms with Crippen molar-refractivity contribution < 1.29 is 9.53 Å². The van der Waals surface area contributed by atoms with E-state index in [4.69, 9.17) is 4.74 Å². The van der Waals surface area contributed by atoms with Gasteiger partial charge in [-0.05, 0) is 12.8 Å². The van der Waals surface area contributed by atoms with Crippen LogP contribution >= 0.6 is 0 Å². The van der Waals surface area contributed by atoms with Gasteiger partial charge in [-0.15, -0.1) is 0 Å². The van der Waals surface area contributed by atoms with E-state index in [2.05, 4.69) is 12.2 Å². The van der Waals surface area contributed by atoms with E-state index in [1.807, 2.05) is 6.92 Å². The molecule has 0 aliphatic rings. The summed E-state index contributed by atoms with van der Waals surface area (Å²) in [6, 6.07) is 0. The zero-order valence-corrected chi connectivity index (χ0v) is 10.2. The van der Waals surface area contributed by atoms with Gasteiger partial charge in [-0.3, -0.25) is 0 Å². The summed E-state index contributed by atoms with van der Waals surface area (Å²) in [5.74, 6) is 0. The summed E-state index contributed by atoms with van der Waals surface area (Å²) in [5.41, 5.74) is 0. The second-order valence-electron chi connectivity index (χ2n) is 3.83. The average molecular weight is 215 g/mol. The molecule has 0 saturated carbocycles. The molecule has 0 atom stereocenters. The molecule has 90 valence electrons. The van der Waals surface area contributed by atoms with Crippen molar-refractivity contribution in [3.63, 3.8) is 0 Å². The summed E-state index contributed by atoms with van der Waals surface area (Å²) in [7, 11) is 0. The minimum atomic E-state index is -0.273. The maximum absolute atomic E-state index is 11.0. The minimum absolute atomic E-state index is 0.273. The zero-order valence-electron chi connectivity index (χ0n) is 10.2. The Bertz CT molecular complexity index is 149. The van der Waals surface area contributed by atoms with Crippen molar-refractivity contribution in [1.29, 1.82) is 0 Å². The molecule has 1 N–H and O–H groups in total. The number of carbonyl (C=O) groups is 1. The number of nitrogens with one attached hydrogen (secondary N) is 1. The van der Waals surface area contributed by atoms with Crippen LogP contribution < -0.4 is 5.32 Å². The molecule has 0 radical (unpaired) electrons. The molecular formula is C12H25NO2. The van der Waals surface area contributed by atoms with Gasteiger partial charge in [0, 0.05) is 6.54 Å². The van der Waals surface area contributed by atoms with Crippen LogP contribution in [0.25, 0.3) is 0 Å². The number of carbonyl (C=O) groups excluding carboxylic acids is 1. The second kappa shape index (κ2) is 11.3. The number of unbranched alkanes of at least 4 members (excludes halogenated alkanes) is 5. The molecule has 3 nitrogen and oxygen atoms in total. The summed E-state index contributed by atoms with van der Waals surface area (Å²) >= 11 is 0. The van der Waals surface area contributed by atoms with E-state index in [9.17, 15) is 4.79 Å². The van der Waals surface area contributed by atoms with Crippen LogP contribution in [0.5, 0.6) is 0 Å². The second-order valence-corrected chi connectivity index (χ2v) is 3.83. The number of hydrogen-bond donors (Lipinski definition) is 1. The van der Waals surface area contributed by atoms with E-state index in [0.29, 0.717) is 13.2 Å². The zero-order chi connectivity index (χ0) is 11.4. The Morgan fingerprint density at radius 1 is 1.00 bits per heavy atom. The lowest BCUT2D eigenvalue weighted by atomic mass is 10.1. The molecule has 15 heavy (non-hydrogen) atoms. The standard InChI is InChI=1S/C12H25NO2/c1-3-5-6-7-8-9-11-15-12(14)13-10-4-2/h3-11H2,1-2H3,(H,13,14). The first-order valence-corrected chi connectivity index (χ1v) is 6.21. The van der Waals surface area contributed by atoms with Crippen LogP contribution in [0.15, 0.2) is 0 Å². The summed E-state index contributed by atoms with van der Waals surface area (Å²) in [4.78, 5) is 11.0. The van der Waals surface area contributed by atoms with Crippen molar-refractivity contribution in [2.75, 3.05) is 13.2 Å². The first-order valence-electron chi connectivity index (χ1n) is 6.21. The molecule has 0 aromatic rings. The number of amides is 1. The van der Waals surface area contributed by atoms with Crippen LogP contribution in [0.3, 0.4) is 0 Å². The average Bonchev–Trinajstić information content (AvgIpc) is 2.25.